The molecule has 34 heavy (non-hydrogen) atoms. The van der Waals surface area contributed by atoms with Crippen LogP contribution in [0.15, 0.2) is 64.0 Å². The first-order valence-corrected chi connectivity index (χ1v) is 12.5. The number of carbonyl (C=O) groups excluding carboxylic acids is 1. The van der Waals surface area contributed by atoms with Gasteiger partial charge in [0.2, 0.25) is 10.0 Å². The van der Waals surface area contributed by atoms with E-state index < -0.39 is 16.1 Å². The molecule has 0 spiro atoms. The Kier molecular flexibility index (Phi) is 7.15. The predicted molar refractivity (Wildman–Crippen MR) is 126 cm³/mol. The monoisotopic (exact) mass is 541 g/mol. The Bertz CT molecular complexity index is 1410. The van der Waals surface area contributed by atoms with Crippen LogP contribution in [0.2, 0.25) is 15.2 Å². The quantitative estimate of drug-likeness (QED) is 0.378. The third kappa shape index (κ3) is 4.91. The van der Waals surface area contributed by atoms with E-state index in [4.69, 9.17) is 44.7 Å². The first-order chi connectivity index (χ1) is 16.2. The number of hydrogen-bond donors (Lipinski definition) is 1. The van der Waals surface area contributed by atoms with Crippen LogP contribution < -0.4 is 20.6 Å². The van der Waals surface area contributed by atoms with Crippen LogP contribution in [-0.4, -0.2) is 44.2 Å². The van der Waals surface area contributed by atoms with Crippen molar-refractivity contribution >= 4 is 56.7 Å². The van der Waals surface area contributed by atoms with Crippen molar-refractivity contribution in [2.24, 2.45) is 0 Å². The number of nitrogens with zero attached hydrogens (tertiary/aromatic N) is 4. The SMILES string of the molecule is N=c1o[n-][n+](N2CCN(S(=O)(=O)c3ccc(Cl)cc3Cl)CC2C(=O)C=Cc2ccccc2)c1Cl. The summed E-state index contributed by atoms with van der Waals surface area (Å²) in [4.78, 5) is 14.2. The van der Waals surface area contributed by atoms with E-state index in [-0.39, 0.29) is 46.0 Å². The number of nitrogens with one attached hydrogen (secondary N) is 1. The van der Waals surface area contributed by atoms with Gasteiger partial charge in [0, 0.05) is 24.7 Å². The molecule has 13 heteroatoms. The van der Waals surface area contributed by atoms with Crippen molar-refractivity contribution in [3.63, 3.8) is 0 Å². The minimum atomic E-state index is -4.04. The first kappa shape index (κ1) is 24.5. The number of benzene rings is 2. The van der Waals surface area contributed by atoms with E-state index in [2.05, 4.69) is 5.27 Å². The Hall–Kier alpha value is -2.63. The molecule has 0 amide bonds. The molecule has 1 unspecified atom stereocenters. The highest BCUT2D eigenvalue weighted by Gasteiger charge is 2.39. The van der Waals surface area contributed by atoms with Crippen LogP contribution in [0, 0.1) is 5.41 Å². The van der Waals surface area contributed by atoms with Crippen molar-refractivity contribution in [3.8, 4) is 0 Å². The Morgan fingerprint density at radius 2 is 1.88 bits per heavy atom. The summed E-state index contributed by atoms with van der Waals surface area (Å²) in [6.07, 6.45) is 3.00. The minimum absolute atomic E-state index is 0.0109. The summed E-state index contributed by atoms with van der Waals surface area (Å²) >= 11 is 18.2. The van der Waals surface area contributed by atoms with E-state index in [0.717, 1.165) is 10.4 Å². The predicted octanol–water partition coefficient (Wildman–Crippen LogP) is 2.26. The number of hydrogen-bond acceptors (Lipinski definition) is 6. The van der Waals surface area contributed by atoms with Gasteiger partial charge in [-0.15, -0.1) is 0 Å². The molecule has 2 aromatic carbocycles. The van der Waals surface area contributed by atoms with Gasteiger partial charge in [-0.25, -0.2) is 8.42 Å². The number of carbonyl (C=O) groups is 1. The Labute approximate surface area is 210 Å². The molecule has 1 fully saturated rings. The molecule has 0 saturated carbocycles. The van der Waals surface area contributed by atoms with Crippen LogP contribution in [0.1, 0.15) is 5.56 Å². The molecule has 0 bridgehead atoms. The van der Waals surface area contributed by atoms with Crippen molar-refractivity contribution in [2.75, 3.05) is 24.6 Å². The van der Waals surface area contributed by atoms with Gasteiger partial charge in [0.25, 0.3) is 0 Å². The Balaban J connectivity index is 1.68. The molecular formula is C21H18Cl3N5O4S. The summed E-state index contributed by atoms with van der Waals surface area (Å²) in [5.74, 6) is -0.385. The summed E-state index contributed by atoms with van der Waals surface area (Å²) < 4.78 is 32.7. The van der Waals surface area contributed by atoms with Gasteiger partial charge in [0.05, 0.1) is 11.1 Å². The number of aromatic nitrogens is 2. The normalized spacial score (nSPS) is 17.4. The summed E-state index contributed by atoms with van der Waals surface area (Å²) in [5.41, 5.74) is 0.423. The standard InChI is InChI=1S/C21H18Cl3N5O4S/c22-15-7-9-19(16(23)12-15)34(31,32)27-10-11-28(29-20(24)21(25)33-26-29)17(13-27)18(30)8-6-14-4-2-1-3-5-14/h1-9,12,17,25H,10-11,13H2. The van der Waals surface area contributed by atoms with Gasteiger partial charge in [-0.3, -0.25) is 15.2 Å². The van der Waals surface area contributed by atoms with Crippen LogP contribution in [0.25, 0.3) is 6.08 Å². The molecular weight excluding hydrogens is 525 g/mol. The molecule has 9 nitrogen and oxygen atoms in total. The molecule has 0 radical (unpaired) electrons. The fraction of sp³-hybridized carbons (Fsp3) is 0.190. The molecule has 0 aliphatic carbocycles. The summed E-state index contributed by atoms with van der Waals surface area (Å²) in [5, 5.41) is 13.0. The number of sulfonamides is 1. The zero-order valence-electron chi connectivity index (χ0n) is 17.4. The van der Waals surface area contributed by atoms with E-state index in [1.807, 2.05) is 30.3 Å². The molecule has 1 N–H and O–H groups in total. The largest absolute Gasteiger partial charge is 0.379 e. The van der Waals surface area contributed by atoms with Gasteiger partial charge in [-0.2, -0.15) is 4.31 Å². The number of halogens is 3. The second-order valence-corrected chi connectivity index (χ2v) is 10.5. The molecule has 4 rings (SSSR count). The van der Waals surface area contributed by atoms with E-state index in [1.54, 1.807) is 6.08 Å². The van der Waals surface area contributed by atoms with E-state index >= 15 is 0 Å². The zero-order valence-corrected chi connectivity index (χ0v) is 20.5. The molecule has 3 aromatic rings. The molecule has 2 heterocycles. The average Bonchev–Trinajstić information content (AvgIpc) is 3.15. The van der Waals surface area contributed by atoms with E-state index in [1.165, 1.54) is 33.6 Å². The first-order valence-electron chi connectivity index (χ1n) is 9.96. The molecule has 1 aliphatic rings. The van der Waals surface area contributed by atoms with Crippen LogP contribution in [0.5, 0.6) is 0 Å². The van der Waals surface area contributed by atoms with Gasteiger partial charge in [0.1, 0.15) is 4.90 Å². The summed E-state index contributed by atoms with van der Waals surface area (Å²) in [6, 6.07) is 12.3. The zero-order chi connectivity index (χ0) is 24.5. The van der Waals surface area contributed by atoms with E-state index in [9.17, 15) is 13.2 Å². The van der Waals surface area contributed by atoms with Crippen molar-refractivity contribution in [3.05, 3.63) is 80.9 Å². The van der Waals surface area contributed by atoms with Gasteiger partial charge >= 0.3 is 10.7 Å². The van der Waals surface area contributed by atoms with Crippen molar-refractivity contribution in [2.45, 2.75) is 10.9 Å². The lowest BCUT2D eigenvalue weighted by molar-refractivity contribution is -0.764. The third-order valence-corrected chi connectivity index (χ3v) is 8.12. The lowest BCUT2D eigenvalue weighted by Crippen LogP contribution is -2.73. The van der Waals surface area contributed by atoms with Crippen LogP contribution in [-0.2, 0) is 14.8 Å². The second-order valence-electron chi connectivity index (χ2n) is 7.35. The number of ketones is 1. The van der Waals surface area contributed by atoms with Gasteiger partial charge in [-0.1, -0.05) is 64.4 Å². The highest BCUT2D eigenvalue weighted by atomic mass is 35.5. The minimum Gasteiger partial charge on any atom is -0.379 e. The van der Waals surface area contributed by atoms with Crippen LogP contribution in [0.4, 0.5) is 0 Å². The van der Waals surface area contributed by atoms with Gasteiger partial charge < -0.3 is 4.52 Å². The highest BCUT2D eigenvalue weighted by molar-refractivity contribution is 7.89. The maximum atomic E-state index is 13.3. The van der Waals surface area contributed by atoms with E-state index in [0.29, 0.717) is 5.02 Å². The smallest absolute Gasteiger partial charge is 0.360 e. The van der Waals surface area contributed by atoms with Crippen molar-refractivity contribution in [1.82, 2.24) is 9.58 Å². The van der Waals surface area contributed by atoms with Crippen LogP contribution in [0.3, 0.4) is 0 Å². The van der Waals surface area contributed by atoms with Gasteiger partial charge in [-0.05, 0) is 46.7 Å². The maximum absolute atomic E-state index is 13.3. The number of piperazine rings is 1. The molecule has 1 saturated heterocycles. The molecule has 1 aromatic heterocycles. The Morgan fingerprint density at radius 3 is 2.53 bits per heavy atom. The Morgan fingerprint density at radius 1 is 1.15 bits per heavy atom. The highest BCUT2D eigenvalue weighted by Crippen LogP contribution is 2.28. The third-order valence-electron chi connectivity index (χ3n) is 5.21. The molecule has 1 atom stereocenters. The topological polar surface area (TPSA) is 113 Å². The fourth-order valence-corrected chi connectivity index (χ4v) is 5.86. The summed E-state index contributed by atoms with van der Waals surface area (Å²) in [7, 11) is -4.04. The van der Waals surface area contributed by atoms with Crippen LogP contribution >= 0.6 is 34.8 Å². The van der Waals surface area contributed by atoms with Crippen molar-refractivity contribution in [1.29, 1.82) is 5.41 Å². The van der Waals surface area contributed by atoms with Crippen molar-refractivity contribution < 1.29 is 22.5 Å². The fourth-order valence-electron chi connectivity index (χ4n) is 3.51. The molecule has 178 valence electrons. The maximum Gasteiger partial charge on any atom is 0.360 e. The number of rotatable bonds is 6. The van der Waals surface area contributed by atoms with Gasteiger partial charge in [0.15, 0.2) is 5.78 Å². The average molecular weight is 543 g/mol. The summed E-state index contributed by atoms with van der Waals surface area (Å²) in [6.45, 7) is -0.143. The lowest BCUT2D eigenvalue weighted by Gasteiger charge is -2.40. The second kappa shape index (κ2) is 9.93. The lowest BCUT2D eigenvalue weighted by atomic mass is 10.1. The molecule has 1 aliphatic heterocycles.